The Morgan fingerprint density at radius 3 is 2.30 bits per heavy atom. The number of guanidine groups is 1. The van der Waals surface area contributed by atoms with Crippen molar-refractivity contribution >= 4 is 35.8 Å². The van der Waals surface area contributed by atoms with Crippen molar-refractivity contribution in [2.75, 3.05) is 13.1 Å². The average molecular weight is 446 g/mol. The van der Waals surface area contributed by atoms with Gasteiger partial charge in [0, 0.05) is 20.0 Å². The van der Waals surface area contributed by atoms with E-state index in [-0.39, 0.29) is 48.1 Å². The summed E-state index contributed by atoms with van der Waals surface area (Å²) in [6, 6.07) is 5.35. The van der Waals surface area contributed by atoms with Gasteiger partial charge in [0.1, 0.15) is 5.75 Å². The van der Waals surface area contributed by atoms with E-state index in [9.17, 15) is 18.0 Å². The van der Waals surface area contributed by atoms with Crippen LogP contribution in [-0.2, 0) is 11.3 Å². The first-order valence-corrected chi connectivity index (χ1v) is 6.39. The summed E-state index contributed by atoms with van der Waals surface area (Å²) in [4.78, 5) is 14.7. The van der Waals surface area contributed by atoms with Crippen molar-refractivity contribution in [3.8, 4) is 5.75 Å². The highest BCUT2D eigenvalue weighted by Gasteiger charge is 2.30. The number of benzene rings is 1. The van der Waals surface area contributed by atoms with Crippen molar-refractivity contribution in [1.29, 1.82) is 0 Å². The summed E-state index contributed by atoms with van der Waals surface area (Å²) in [5.74, 6) is -0.249. The van der Waals surface area contributed by atoms with Gasteiger partial charge in [0.15, 0.2) is 5.96 Å². The first kappa shape index (κ1) is 21.3. The van der Waals surface area contributed by atoms with Crippen LogP contribution in [0.25, 0.3) is 0 Å². The topological polar surface area (TPSA) is 88.7 Å². The van der Waals surface area contributed by atoms with E-state index < -0.39 is 6.36 Å². The molecule has 0 aliphatic rings. The van der Waals surface area contributed by atoms with E-state index in [1.54, 1.807) is 0 Å². The third-order valence-corrected chi connectivity index (χ3v) is 2.39. The van der Waals surface area contributed by atoms with Crippen molar-refractivity contribution in [3.05, 3.63) is 29.8 Å². The number of nitrogens with zero attached hydrogens (tertiary/aromatic N) is 1. The van der Waals surface area contributed by atoms with Gasteiger partial charge >= 0.3 is 6.36 Å². The van der Waals surface area contributed by atoms with Crippen LogP contribution in [0.2, 0.25) is 0 Å². The molecule has 0 bridgehead atoms. The summed E-state index contributed by atoms with van der Waals surface area (Å²) in [5.41, 5.74) is 6.29. The van der Waals surface area contributed by atoms with Crippen LogP contribution in [0.3, 0.4) is 0 Å². The molecule has 10 heteroatoms. The number of aliphatic imine (C=N–C) groups is 1. The Morgan fingerprint density at radius 1 is 1.22 bits per heavy atom. The van der Waals surface area contributed by atoms with Gasteiger partial charge in [-0.15, -0.1) is 37.1 Å². The van der Waals surface area contributed by atoms with Gasteiger partial charge < -0.3 is 21.1 Å². The van der Waals surface area contributed by atoms with E-state index in [1.807, 2.05) is 0 Å². The van der Waals surface area contributed by atoms with Crippen LogP contribution in [-0.4, -0.2) is 31.3 Å². The Bertz CT molecular complexity index is 521. The van der Waals surface area contributed by atoms with Gasteiger partial charge in [-0.2, -0.15) is 0 Å². The van der Waals surface area contributed by atoms with Crippen LogP contribution in [0, 0.1) is 0 Å². The molecule has 6 nitrogen and oxygen atoms in total. The molecule has 0 saturated carbocycles. The van der Waals surface area contributed by atoms with Crippen molar-refractivity contribution in [1.82, 2.24) is 10.6 Å². The van der Waals surface area contributed by atoms with E-state index in [4.69, 9.17) is 5.73 Å². The second-order valence-corrected chi connectivity index (χ2v) is 4.30. The first-order valence-electron chi connectivity index (χ1n) is 6.39. The lowest BCUT2D eigenvalue weighted by atomic mass is 10.2. The summed E-state index contributed by atoms with van der Waals surface area (Å²) >= 11 is 0. The smallest absolute Gasteiger partial charge is 0.406 e. The molecule has 1 aromatic rings. The second kappa shape index (κ2) is 10.1. The minimum Gasteiger partial charge on any atom is -0.406 e. The molecule has 0 aliphatic carbocycles. The Labute approximate surface area is 148 Å². The molecule has 1 aromatic carbocycles. The molecular weight excluding hydrogens is 428 g/mol. The Balaban J connectivity index is 0.00000484. The molecule has 0 heterocycles. The standard InChI is InChI=1S/C13H17F3N4O2.HI/c1-9(21)18-6-7-19-12(17)20-8-10-2-4-11(5-3-10)22-13(14,15)16;/h2-5H,6-8H2,1H3,(H,18,21)(H3,17,19,20);1H. The average Bonchev–Trinajstić information content (AvgIpc) is 2.41. The van der Waals surface area contributed by atoms with Gasteiger partial charge in [-0.25, -0.2) is 4.99 Å². The number of amides is 1. The Kier molecular flexibility index (Phi) is 9.37. The molecule has 0 radical (unpaired) electrons. The van der Waals surface area contributed by atoms with E-state index in [1.165, 1.54) is 31.2 Å². The van der Waals surface area contributed by atoms with Crippen molar-refractivity contribution in [2.24, 2.45) is 10.7 Å². The third kappa shape index (κ3) is 10.6. The molecule has 0 atom stereocenters. The first-order chi connectivity index (χ1) is 10.3. The molecular formula is C13H18F3IN4O2. The van der Waals surface area contributed by atoms with Crippen LogP contribution in [0.15, 0.2) is 29.3 Å². The van der Waals surface area contributed by atoms with Gasteiger partial charge in [0.2, 0.25) is 5.91 Å². The molecule has 0 unspecified atom stereocenters. The normalized spacial score (nSPS) is 11.4. The summed E-state index contributed by atoms with van der Waals surface area (Å²) in [6.07, 6.45) is -4.71. The summed E-state index contributed by atoms with van der Waals surface area (Å²) < 4.78 is 39.8. The molecule has 23 heavy (non-hydrogen) atoms. The highest BCUT2D eigenvalue weighted by Crippen LogP contribution is 2.22. The minimum atomic E-state index is -4.71. The van der Waals surface area contributed by atoms with Gasteiger partial charge in [0.25, 0.3) is 0 Å². The zero-order valence-corrected chi connectivity index (χ0v) is 14.6. The lowest BCUT2D eigenvalue weighted by Gasteiger charge is -2.09. The highest BCUT2D eigenvalue weighted by molar-refractivity contribution is 14.0. The molecule has 130 valence electrons. The number of carbonyl (C=O) groups excluding carboxylic acids is 1. The second-order valence-electron chi connectivity index (χ2n) is 4.30. The van der Waals surface area contributed by atoms with Crippen molar-refractivity contribution in [2.45, 2.75) is 19.8 Å². The SMILES string of the molecule is CC(=O)NCCNC(N)=NCc1ccc(OC(F)(F)F)cc1.I. The number of hydrogen-bond donors (Lipinski definition) is 3. The third-order valence-electron chi connectivity index (χ3n) is 2.39. The fourth-order valence-corrected chi connectivity index (χ4v) is 1.46. The molecule has 0 fully saturated rings. The lowest BCUT2D eigenvalue weighted by molar-refractivity contribution is -0.274. The van der Waals surface area contributed by atoms with Gasteiger partial charge in [-0.1, -0.05) is 12.1 Å². The van der Waals surface area contributed by atoms with E-state index in [2.05, 4.69) is 20.4 Å². The van der Waals surface area contributed by atoms with Crippen LogP contribution in [0.5, 0.6) is 5.75 Å². The minimum absolute atomic E-state index is 0. The molecule has 1 rings (SSSR count). The summed E-state index contributed by atoms with van der Waals surface area (Å²) in [6.45, 7) is 2.46. The van der Waals surface area contributed by atoms with Crippen LogP contribution >= 0.6 is 24.0 Å². The number of hydrogen-bond acceptors (Lipinski definition) is 3. The van der Waals surface area contributed by atoms with E-state index in [0.717, 1.165) is 0 Å². The molecule has 4 N–H and O–H groups in total. The number of ether oxygens (including phenoxy) is 1. The number of rotatable bonds is 6. The monoisotopic (exact) mass is 446 g/mol. The van der Waals surface area contributed by atoms with E-state index in [0.29, 0.717) is 18.7 Å². The maximum absolute atomic E-state index is 12.0. The molecule has 0 aromatic heterocycles. The fourth-order valence-electron chi connectivity index (χ4n) is 1.46. The zero-order valence-electron chi connectivity index (χ0n) is 12.3. The van der Waals surface area contributed by atoms with Crippen molar-refractivity contribution in [3.63, 3.8) is 0 Å². The summed E-state index contributed by atoms with van der Waals surface area (Å²) in [7, 11) is 0. The summed E-state index contributed by atoms with van der Waals surface area (Å²) in [5, 5.41) is 5.37. The predicted molar refractivity (Wildman–Crippen MR) is 90.6 cm³/mol. The molecule has 0 saturated heterocycles. The quantitative estimate of drug-likeness (QED) is 0.269. The van der Waals surface area contributed by atoms with Gasteiger partial charge in [-0.3, -0.25) is 4.79 Å². The molecule has 1 amide bonds. The van der Waals surface area contributed by atoms with Crippen LogP contribution in [0.1, 0.15) is 12.5 Å². The number of halogens is 4. The maximum Gasteiger partial charge on any atom is 0.573 e. The highest BCUT2D eigenvalue weighted by atomic mass is 127. The maximum atomic E-state index is 12.0. The van der Waals surface area contributed by atoms with Gasteiger partial charge in [0.05, 0.1) is 6.54 Å². The van der Waals surface area contributed by atoms with Crippen LogP contribution < -0.4 is 21.1 Å². The van der Waals surface area contributed by atoms with Crippen LogP contribution in [0.4, 0.5) is 13.2 Å². The molecule has 0 spiro atoms. The lowest BCUT2D eigenvalue weighted by Crippen LogP contribution is -2.37. The number of nitrogens with two attached hydrogens (primary N) is 1. The Hall–Kier alpha value is -1.72. The van der Waals surface area contributed by atoms with Crippen molar-refractivity contribution < 1.29 is 22.7 Å². The van der Waals surface area contributed by atoms with E-state index >= 15 is 0 Å². The predicted octanol–water partition coefficient (Wildman–Crippen LogP) is 1.74. The zero-order chi connectivity index (χ0) is 16.6. The number of nitrogens with one attached hydrogen (secondary N) is 2. The largest absolute Gasteiger partial charge is 0.573 e. The Morgan fingerprint density at radius 2 is 1.78 bits per heavy atom. The number of carbonyl (C=O) groups is 1. The van der Waals surface area contributed by atoms with Gasteiger partial charge in [-0.05, 0) is 17.7 Å². The molecule has 0 aliphatic heterocycles. The fraction of sp³-hybridized carbons (Fsp3) is 0.385. The number of alkyl halides is 3.